The third kappa shape index (κ3) is 2.60. The van der Waals surface area contributed by atoms with Gasteiger partial charge in [-0.2, -0.15) is 0 Å². The van der Waals surface area contributed by atoms with E-state index in [1.165, 1.54) is 5.56 Å². The summed E-state index contributed by atoms with van der Waals surface area (Å²) in [5.41, 5.74) is 3.02. The molecule has 1 heterocycles. The highest BCUT2D eigenvalue weighted by Gasteiger charge is 2.26. The molecule has 0 saturated carbocycles. The first-order chi connectivity index (χ1) is 10.6. The summed E-state index contributed by atoms with van der Waals surface area (Å²) in [6, 6.07) is 8.94. The van der Waals surface area contributed by atoms with Gasteiger partial charge in [-0.15, -0.1) is 0 Å². The van der Waals surface area contributed by atoms with Crippen LogP contribution in [-0.4, -0.2) is 25.9 Å². The molecule has 2 N–H and O–H groups in total. The van der Waals surface area contributed by atoms with Crippen molar-refractivity contribution in [2.24, 2.45) is 0 Å². The highest BCUT2D eigenvalue weighted by molar-refractivity contribution is 6.30. The molecule has 0 fully saturated rings. The number of phenolic OH excluding ortho intramolecular Hbond substituents is 1. The van der Waals surface area contributed by atoms with Crippen LogP contribution in [0.4, 0.5) is 0 Å². The number of hydrogen-bond acceptors (Lipinski definition) is 4. The molecule has 2 aromatic rings. The minimum Gasteiger partial charge on any atom is -0.508 e. The van der Waals surface area contributed by atoms with Gasteiger partial charge < -0.3 is 19.9 Å². The molecule has 1 aliphatic rings. The van der Waals surface area contributed by atoms with E-state index in [1.54, 1.807) is 32.4 Å². The first-order valence-electron chi connectivity index (χ1n) is 7.10. The van der Waals surface area contributed by atoms with Crippen molar-refractivity contribution in [1.82, 2.24) is 5.32 Å². The highest BCUT2D eigenvalue weighted by atomic mass is 35.5. The van der Waals surface area contributed by atoms with Gasteiger partial charge in [0.1, 0.15) is 5.75 Å². The molecule has 2 aromatic carbocycles. The first-order valence-corrected chi connectivity index (χ1v) is 7.48. The topological polar surface area (TPSA) is 50.7 Å². The standard InChI is InChI=1S/C17H18ClNO3/c1-21-15-7-10-5-6-19-17(12(10)9-16(15)22-2)13-8-11(18)3-4-14(13)20/h3-4,7-9,17,19-20H,5-6H2,1-2H3/t17-/m1/s1. The largest absolute Gasteiger partial charge is 0.508 e. The first kappa shape index (κ1) is 15.0. The van der Waals surface area contributed by atoms with Gasteiger partial charge in [0.25, 0.3) is 0 Å². The maximum absolute atomic E-state index is 10.2. The third-order valence-electron chi connectivity index (χ3n) is 4.00. The molecule has 0 aliphatic carbocycles. The lowest BCUT2D eigenvalue weighted by atomic mass is 9.89. The second-order valence-corrected chi connectivity index (χ2v) is 5.68. The average Bonchev–Trinajstić information content (AvgIpc) is 2.55. The monoisotopic (exact) mass is 319 g/mol. The van der Waals surface area contributed by atoms with Crippen LogP contribution < -0.4 is 14.8 Å². The van der Waals surface area contributed by atoms with Gasteiger partial charge in [0.15, 0.2) is 11.5 Å². The summed E-state index contributed by atoms with van der Waals surface area (Å²) in [6.45, 7) is 0.819. The average molecular weight is 320 g/mol. The molecule has 0 spiro atoms. The van der Waals surface area contributed by atoms with E-state index in [0.717, 1.165) is 29.8 Å². The summed E-state index contributed by atoms with van der Waals surface area (Å²) in [5, 5.41) is 14.2. The molecule has 3 rings (SSSR count). The number of methoxy groups -OCH3 is 2. The number of fused-ring (bicyclic) bond motifs is 1. The number of rotatable bonds is 3. The van der Waals surface area contributed by atoms with Crippen LogP contribution in [-0.2, 0) is 6.42 Å². The van der Waals surface area contributed by atoms with Crippen LogP contribution in [0.25, 0.3) is 0 Å². The lowest BCUT2D eigenvalue weighted by Gasteiger charge is -2.29. The summed E-state index contributed by atoms with van der Waals surface area (Å²) in [6.07, 6.45) is 0.896. The normalized spacial score (nSPS) is 17.0. The van der Waals surface area contributed by atoms with E-state index < -0.39 is 0 Å². The van der Waals surface area contributed by atoms with Gasteiger partial charge in [-0.25, -0.2) is 0 Å². The molecular weight excluding hydrogens is 302 g/mol. The molecule has 1 atom stereocenters. The SMILES string of the molecule is COc1cc2c(cc1OC)[C@H](c1cc(Cl)ccc1O)NCC2. The Balaban J connectivity index is 2.13. The van der Waals surface area contributed by atoms with Gasteiger partial charge in [-0.05, 0) is 47.9 Å². The molecule has 5 heteroatoms. The fraction of sp³-hybridized carbons (Fsp3) is 0.294. The Kier molecular flexibility index (Phi) is 4.14. The summed E-state index contributed by atoms with van der Waals surface area (Å²) in [7, 11) is 3.25. The number of nitrogens with one attached hydrogen (secondary N) is 1. The zero-order chi connectivity index (χ0) is 15.7. The van der Waals surface area contributed by atoms with Crippen molar-refractivity contribution in [1.29, 1.82) is 0 Å². The molecule has 0 radical (unpaired) electrons. The smallest absolute Gasteiger partial charge is 0.161 e. The number of hydrogen-bond donors (Lipinski definition) is 2. The Bertz CT molecular complexity index is 703. The lowest BCUT2D eigenvalue weighted by Crippen LogP contribution is -2.30. The maximum atomic E-state index is 10.2. The molecule has 116 valence electrons. The van der Waals surface area contributed by atoms with Gasteiger partial charge in [-0.1, -0.05) is 11.6 Å². The summed E-state index contributed by atoms with van der Waals surface area (Å²) >= 11 is 6.09. The summed E-state index contributed by atoms with van der Waals surface area (Å²) in [5.74, 6) is 1.62. The van der Waals surface area contributed by atoms with Gasteiger partial charge in [0.2, 0.25) is 0 Å². The van der Waals surface area contributed by atoms with E-state index in [-0.39, 0.29) is 11.8 Å². The van der Waals surface area contributed by atoms with Crippen molar-refractivity contribution in [2.75, 3.05) is 20.8 Å². The molecule has 0 amide bonds. The van der Waals surface area contributed by atoms with Crippen LogP contribution >= 0.6 is 11.6 Å². The second-order valence-electron chi connectivity index (χ2n) is 5.25. The van der Waals surface area contributed by atoms with E-state index in [4.69, 9.17) is 21.1 Å². The van der Waals surface area contributed by atoms with E-state index in [1.807, 2.05) is 12.1 Å². The minimum atomic E-state index is -0.123. The molecule has 1 aliphatic heterocycles. The zero-order valence-electron chi connectivity index (χ0n) is 12.5. The Morgan fingerprint density at radius 3 is 2.55 bits per heavy atom. The number of phenols is 1. The molecule has 0 saturated heterocycles. The molecule has 0 aromatic heterocycles. The van der Waals surface area contributed by atoms with Crippen molar-refractivity contribution in [2.45, 2.75) is 12.5 Å². The fourth-order valence-corrected chi connectivity index (χ4v) is 3.10. The molecule has 0 bridgehead atoms. The predicted molar refractivity (Wildman–Crippen MR) is 86.2 cm³/mol. The van der Waals surface area contributed by atoms with Gasteiger partial charge in [0, 0.05) is 17.1 Å². The Morgan fingerprint density at radius 2 is 1.82 bits per heavy atom. The van der Waals surface area contributed by atoms with Crippen LogP contribution in [0.5, 0.6) is 17.2 Å². The van der Waals surface area contributed by atoms with Gasteiger partial charge in [-0.3, -0.25) is 0 Å². The lowest BCUT2D eigenvalue weighted by molar-refractivity contribution is 0.352. The number of halogens is 1. The molecule has 4 nitrogen and oxygen atoms in total. The van der Waals surface area contributed by atoms with Crippen molar-refractivity contribution in [3.05, 3.63) is 52.0 Å². The zero-order valence-corrected chi connectivity index (χ0v) is 13.3. The molecule has 0 unspecified atom stereocenters. The third-order valence-corrected chi connectivity index (χ3v) is 4.23. The van der Waals surface area contributed by atoms with Crippen LogP contribution in [0.1, 0.15) is 22.7 Å². The van der Waals surface area contributed by atoms with E-state index >= 15 is 0 Å². The maximum Gasteiger partial charge on any atom is 0.161 e. The number of benzene rings is 2. The number of aromatic hydroxyl groups is 1. The quantitative estimate of drug-likeness (QED) is 0.911. The van der Waals surface area contributed by atoms with Crippen LogP contribution in [0.2, 0.25) is 5.02 Å². The Labute approximate surface area is 134 Å². The number of ether oxygens (including phenoxy) is 2. The van der Waals surface area contributed by atoms with E-state index in [0.29, 0.717) is 10.8 Å². The van der Waals surface area contributed by atoms with Crippen molar-refractivity contribution in [3.8, 4) is 17.2 Å². The summed E-state index contributed by atoms with van der Waals surface area (Å²) < 4.78 is 10.8. The molecular formula is C17H18ClNO3. The van der Waals surface area contributed by atoms with Gasteiger partial charge in [0.05, 0.1) is 20.3 Å². The Morgan fingerprint density at radius 1 is 1.09 bits per heavy atom. The van der Waals surface area contributed by atoms with Crippen LogP contribution in [0.15, 0.2) is 30.3 Å². The predicted octanol–water partition coefficient (Wildman–Crippen LogP) is 3.30. The fourth-order valence-electron chi connectivity index (χ4n) is 2.92. The van der Waals surface area contributed by atoms with E-state index in [9.17, 15) is 5.11 Å². The molecule has 22 heavy (non-hydrogen) atoms. The Hall–Kier alpha value is -1.91. The summed E-state index contributed by atoms with van der Waals surface area (Å²) in [4.78, 5) is 0. The van der Waals surface area contributed by atoms with Gasteiger partial charge >= 0.3 is 0 Å². The second kappa shape index (κ2) is 6.07. The van der Waals surface area contributed by atoms with E-state index in [2.05, 4.69) is 5.32 Å². The van der Waals surface area contributed by atoms with Crippen molar-refractivity contribution < 1.29 is 14.6 Å². The minimum absolute atomic E-state index is 0.123. The van der Waals surface area contributed by atoms with Crippen LogP contribution in [0.3, 0.4) is 0 Å². The van der Waals surface area contributed by atoms with Crippen molar-refractivity contribution >= 4 is 11.6 Å². The van der Waals surface area contributed by atoms with Crippen molar-refractivity contribution in [3.63, 3.8) is 0 Å². The highest BCUT2D eigenvalue weighted by Crippen LogP contribution is 2.40. The van der Waals surface area contributed by atoms with Crippen LogP contribution in [0, 0.1) is 0 Å².